The summed E-state index contributed by atoms with van der Waals surface area (Å²) in [5.74, 6) is -0.181. The number of rotatable bonds is 1. The SMILES string of the molecule is C=C(S)C1=NC(C)(C)C(C)(C)c2c1cc(C(C)(C)C)c1cccc(F)c21. The Hall–Kier alpha value is -1.61. The first-order valence-corrected chi connectivity index (χ1v) is 9.48. The molecule has 0 aliphatic carbocycles. The normalized spacial score (nSPS) is 18.4. The first-order chi connectivity index (χ1) is 11.8. The van der Waals surface area contributed by atoms with Crippen LogP contribution < -0.4 is 0 Å². The lowest BCUT2D eigenvalue weighted by Crippen LogP contribution is -2.46. The summed E-state index contributed by atoms with van der Waals surface area (Å²) in [5.41, 5.74) is 2.97. The average molecular weight is 370 g/mol. The molecule has 1 aliphatic heterocycles. The van der Waals surface area contributed by atoms with Gasteiger partial charge >= 0.3 is 0 Å². The van der Waals surface area contributed by atoms with E-state index in [-0.39, 0.29) is 16.6 Å². The van der Waals surface area contributed by atoms with Crippen LogP contribution >= 0.6 is 12.6 Å². The first-order valence-electron chi connectivity index (χ1n) is 9.03. The Balaban J connectivity index is 2.62. The molecule has 2 aromatic rings. The predicted molar refractivity (Wildman–Crippen MR) is 114 cm³/mol. The van der Waals surface area contributed by atoms with Gasteiger partial charge in [-0.2, -0.15) is 0 Å². The standard InChI is InChI=1S/C23H28FNS/c1-13(26)20-15-12-16(21(2,3)4)14-10-9-11-17(24)18(14)19(15)22(5,6)23(7,8)25-20/h9-12,26H,1H2,2-8H3. The highest BCUT2D eigenvalue weighted by Gasteiger charge is 2.46. The third-order valence-corrected chi connectivity index (χ3v) is 6.21. The van der Waals surface area contributed by atoms with Gasteiger partial charge in [0.15, 0.2) is 0 Å². The molecule has 0 fully saturated rings. The predicted octanol–water partition coefficient (Wildman–Crippen LogP) is 6.58. The molecule has 0 amide bonds. The number of halogens is 1. The smallest absolute Gasteiger partial charge is 0.131 e. The molecule has 0 spiro atoms. The summed E-state index contributed by atoms with van der Waals surface area (Å²) in [7, 11) is 0. The van der Waals surface area contributed by atoms with Gasteiger partial charge in [0.05, 0.1) is 11.3 Å². The van der Waals surface area contributed by atoms with Crippen LogP contribution in [-0.2, 0) is 10.8 Å². The fraction of sp³-hybridized carbons (Fsp3) is 0.435. The van der Waals surface area contributed by atoms with Crippen molar-refractivity contribution in [3.8, 4) is 0 Å². The summed E-state index contributed by atoms with van der Waals surface area (Å²) in [6, 6.07) is 7.56. The maximum absolute atomic E-state index is 15.2. The summed E-state index contributed by atoms with van der Waals surface area (Å²) in [4.78, 5) is 5.60. The van der Waals surface area contributed by atoms with E-state index in [0.717, 1.165) is 27.8 Å². The summed E-state index contributed by atoms with van der Waals surface area (Å²) < 4.78 is 15.2. The summed E-state index contributed by atoms with van der Waals surface area (Å²) in [6.07, 6.45) is 0. The number of benzene rings is 2. The highest BCUT2D eigenvalue weighted by molar-refractivity contribution is 7.85. The molecule has 0 aromatic heterocycles. The van der Waals surface area contributed by atoms with E-state index in [1.165, 1.54) is 0 Å². The molecule has 0 N–H and O–H groups in total. The van der Waals surface area contributed by atoms with Gasteiger partial charge in [-0.1, -0.05) is 53.3 Å². The Morgan fingerprint density at radius 2 is 1.77 bits per heavy atom. The van der Waals surface area contributed by atoms with Gasteiger partial charge in [0.2, 0.25) is 0 Å². The Morgan fingerprint density at radius 3 is 2.31 bits per heavy atom. The van der Waals surface area contributed by atoms with Crippen LogP contribution in [0.4, 0.5) is 4.39 Å². The van der Waals surface area contributed by atoms with Crippen molar-refractivity contribution >= 4 is 29.1 Å². The van der Waals surface area contributed by atoms with Crippen molar-refractivity contribution in [1.29, 1.82) is 0 Å². The molecule has 1 nitrogen and oxygen atoms in total. The largest absolute Gasteiger partial charge is 0.277 e. The van der Waals surface area contributed by atoms with E-state index in [2.05, 4.69) is 73.7 Å². The minimum atomic E-state index is -0.403. The summed E-state index contributed by atoms with van der Waals surface area (Å²) in [5, 5.41) is 1.68. The maximum atomic E-state index is 15.2. The number of aliphatic imine (C=N–C) groups is 1. The zero-order valence-electron chi connectivity index (χ0n) is 16.8. The molecule has 0 bridgehead atoms. The number of allylic oxidation sites excluding steroid dienone is 1. The van der Waals surface area contributed by atoms with Gasteiger partial charge in [-0.25, -0.2) is 4.39 Å². The minimum absolute atomic E-state index is 0.124. The molecule has 1 heterocycles. The van der Waals surface area contributed by atoms with Gasteiger partial charge in [-0.05, 0) is 47.9 Å². The number of hydrogen-bond donors (Lipinski definition) is 1. The molecule has 3 heteroatoms. The molecule has 3 rings (SSSR count). The number of nitrogens with zero attached hydrogens (tertiary/aromatic N) is 1. The fourth-order valence-corrected chi connectivity index (χ4v) is 4.06. The van der Waals surface area contributed by atoms with Crippen molar-refractivity contribution in [1.82, 2.24) is 0 Å². The maximum Gasteiger partial charge on any atom is 0.131 e. The van der Waals surface area contributed by atoms with Crippen LogP contribution in [0.3, 0.4) is 0 Å². The van der Waals surface area contributed by atoms with E-state index in [4.69, 9.17) is 4.99 Å². The Labute approximate surface area is 161 Å². The molecule has 0 atom stereocenters. The third-order valence-electron chi connectivity index (χ3n) is 5.99. The van der Waals surface area contributed by atoms with E-state index < -0.39 is 5.54 Å². The highest BCUT2D eigenvalue weighted by Crippen LogP contribution is 2.49. The van der Waals surface area contributed by atoms with E-state index in [0.29, 0.717) is 10.3 Å². The molecular formula is C23H28FNS. The third kappa shape index (κ3) is 2.63. The van der Waals surface area contributed by atoms with Gasteiger partial charge in [0.25, 0.3) is 0 Å². The molecule has 0 unspecified atom stereocenters. The zero-order valence-corrected chi connectivity index (χ0v) is 17.7. The molecule has 1 aliphatic rings. The van der Waals surface area contributed by atoms with Crippen LogP contribution in [0.1, 0.15) is 65.2 Å². The molecule has 0 radical (unpaired) electrons. The van der Waals surface area contributed by atoms with E-state index in [1.807, 2.05) is 6.07 Å². The van der Waals surface area contributed by atoms with Crippen molar-refractivity contribution in [3.63, 3.8) is 0 Å². The second kappa shape index (κ2) is 5.69. The first kappa shape index (κ1) is 19.2. The van der Waals surface area contributed by atoms with Gasteiger partial charge in [-0.15, -0.1) is 12.6 Å². The van der Waals surface area contributed by atoms with Gasteiger partial charge in [-0.3, -0.25) is 4.99 Å². The quantitative estimate of drug-likeness (QED) is 0.545. The van der Waals surface area contributed by atoms with Gasteiger partial charge < -0.3 is 0 Å². The molecule has 26 heavy (non-hydrogen) atoms. The Morgan fingerprint density at radius 1 is 1.15 bits per heavy atom. The van der Waals surface area contributed by atoms with Crippen molar-refractivity contribution in [2.45, 2.75) is 64.8 Å². The lowest BCUT2D eigenvalue weighted by atomic mass is 9.63. The number of hydrogen-bond acceptors (Lipinski definition) is 2. The number of fused-ring (bicyclic) bond motifs is 3. The number of thiol groups is 1. The van der Waals surface area contributed by atoms with E-state index >= 15 is 4.39 Å². The highest BCUT2D eigenvalue weighted by atomic mass is 32.1. The lowest BCUT2D eigenvalue weighted by molar-refractivity contribution is 0.305. The fourth-order valence-electron chi connectivity index (χ4n) is 3.89. The minimum Gasteiger partial charge on any atom is -0.277 e. The average Bonchev–Trinajstić information content (AvgIpc) is 2.49. The van der Waals surface area contributed by atoms with Gasteiger partial charge in [0.1, 0.15) is 5.82 Å². The topological polar surface area (TPSA) is 12.4 Å². The van der Waals surface area contributed by atoms with Crippen molar-refractivity contribution < 1.29 is 4.39 Å². The zero-order chi connectivity index (χ0) is 19.7. The van der Waals surface area contributed by atoms with Crippen LogP contribution in [0.15, 0.2) is 40.7 Å². The Bertz CT molecular complexity index is 958. The lowest BCUT2D eigenvalue weighted by Gasteiger charge is -2.45. The molecular weight excluding hydrogens is 341 g/mol. The molecule has 138 valence electrons. The Kier molecular flexibility index (Phi) is 4.19. The second-order valence-electron chi connectivity index (χ2n) is 9.35. The van der Waals surface area contributed by atoms with Gasteiger partial charge in [0, 0.05) is 21.3 Å². The molecule has 0 saturated carbocycles. The van der Waals surface area contributed by atoms with E-state index in [9.17, 15) is 0 Å². The molecule has 0 saturated heterocycles. The second-order valence-corrected chi connectivity index (χ2v) is 9.89. The monoisotopic (exact) mass is 369 g/mol. The van der Waals surface area contributed by atoms with Crippen LogP contribution in [0.5, 0.6) is 0 Å². The van der Waals surface area contributed by atoms with Crippen molar-refractivity contribution in [2.24, 2.45) is 4.99 Å². The summed E-state index contributed by atoms with van der Waals surface area (Å²) >= 11 is 4.51. The van der Waals surface area contributed by atoms with Crippen LogP contribution in [-0.4, -0.2) is 11.3 Å². The molecule has 2 aromatic carbocycles. The van der Waals surface area contributed by atoms with Crippen molar-refractivity contribution in [3.05, 3.63) is 58.3 Å². The summed E-state index contributed by atoms with van der Waals surface area (Å²) in [6.45, 7) is 19.0. The van der Waals surface area contributed by atoms with Crippen LogP contribution in [0.25, 0.3) is 10.8 Å². The van der Waals surface area contributed by atoms with Crippen molar-refractivity contribution in [2.75, 3.05) is 0 Å². The van der Waals surface area contributed by atoms with Crippen LogP contribution in [0, 0.1) is 5.82 Å². The van der Waals surface area contributed by atoms with Crippen LogP contribution in [0.2, 0.25) is 0 Å². The van der Waals surface area contributed by atoms with E-state index in [1.54, 1.807) is 12.1 Å².